The second kappa shape index (κ2) is 9.83. The number of morpholine rings is 1. The van der Waals surface area contributed by atoms with Crippen LogP contribution in [0.3, 0.4) is 0 Å². The van der Waals surface area contributed by atoms with Gasteiger partial charge in [0, 0.05) is 18.5 Å². The van der Waals surface area contributed by atoms with Crippen molar-refractivity contribution in [2.75, 3.05) is 39.5 Å². The zero-order valence-corrected chi connectivity index (χ0v) is 18.6. The molecular formula is C22H21ClN2O6S. The largest absolute Gasteiger partial charge is 0.490 e. The van der Waals surface area contributed by atoms with Gasteiger partial charge < -0.3 is 14.2 Å². The molecule has 0 aliphatic carbocycles. The second-order valence-corrected chi connectivity index (χ2v) is 9.34. The van der Waals surface area contributed by atoms with Crippen LogP contribution in [0.2, 0.25) is 5.15 Å². The fourth-order valence-corrected chi connectivity index (χ4v) is 4.81. The van der Waals surface area contributed by atoms with Crippen molar-refractivity contribution < 1.29 is 27.4 Å². The standard InChI is InChI=1S/C22H21ClN2O6S/c23-21-8-2-16-15-17(1-7-20(16)24-21)22(26)31-14-13-30-18-3-5-19(6-4-18)32(27,28)25-9-11-29-12-10-25/h1-8,15H,9-14H2. The third-order valence-corrected chi connectivity index (χ3v) is 7.03. The van der Waals surface area contributed by atoms with Crippen LogP contribution in [0.15, 0.2) is 59.5 Å². The van der Waals surface area contributed by atoms with Crippen molar-refractivity contribution in [2.24, 2.45) is 0 Å². The van der Waals surface area contributed by atoms with Crippen molar-refractivity contribution in [1.82, 2.24) is 9.29 Å². The van der Waals surface area contributed by atoms with E-state index >= 15 is 0 Å². The van der Waals surface area contributed by atoms with Crippen LogP contribution < -0.4 is 4.74 Å². The van der Waals surface area contributed by atoms with Gasteiger partial charge in [-0.2, -0.15) is 4.31 Å². The molecule has 4 rings (SSSR count). The van der Waals surface area contributed by atoms with Crippen molar-refractivity contribution in [3.8, 4) is 5.75 Å². The maximum atomic E-state index is 12.6. The minimum atomic E-state index is -3.55. The lowest BCUT2D eigenvalue weighted by Gasteiger charge is -2.26. The number of fused-ring (bicyclic) bond motifs is 1. The van der Waals surface area contributed by atoms with Crippen LogP contribution in [-0.4, -0.2) is 63.2 Å². The number of hydrogen-bond acceptors (Lipinski definition) is 7. The zero-order valence-electron chi connectivity index (χ0n) is 17.1. The highest BCUT2D eigenvalue weighted by molar-refractivity contribution is 7.89. The summed E-state index contributed by atoms with van der Waals surface area (Å²) in [4.78, 5) is 16.6. The first-order chi connectivity index (χ1) is 15.4. The van der Waals surface area contributed by atoms with E-state index in [1.165, 1.54) is 16.4 Å². The molecule has 1 aliphatic heterocycles. The van der Waals surface area contributed by atoms with Crippen LogP contribution in [0.5, 0.6) is 5.75 Å². The molecule has 1 aliphatic rings. The lowest BCUT2D eigenvalue weighted by atomic mass is 10.1. The third-order valence-electron chi connectivity index (χ3n) is 4.91. The van der Waals surface area contributed by atoms with Crippen LogP contribution in [0.25, 0.3) is 10.9 Å². The lowest BCUT2D eigenvalue weighted by molar-refractivity contribution is 0.0450. The molecule has 0 spiro atoms. The smallest absolute Gasteiger partial charge is 0.338 e. The number of ether oxygens (including phenoxy) is 3. The highest BCUT2D eigenvalue weighted by Gasteiger charge is 2.26. The minimum Gasteiger partial charge on any atom is -0.490 e. The molecule has 1 saturated heterocycles. The molecule has 2 aromatic carbocycles. The molecule has 168 valence electrons. The monoisotopic (exact) mass is 476 g/mol. The summed E-state index contributed by atoms with van der Waals surface area (Å²) in [6, 6.07) is 14.6. The number of pyridine rings is 1. The second-order valence-electron chi connectivity index (χ2n) is 7.01. The molecular weight excluding hydrogens is 456 g/mol. The Hall–Kier alpha value is -2.72. The van der Waals surface area contributed by atoms with Gasteiger partial charge in [0.05, 0.1) is 29.2 Å². The van der Waals surface area contributed by atoms with Crippen molar-refractivity contribution in [2.45, 2.75) is 4.90 Å². The summed E-state index contributed by atoms with van der Waals surface area (Å²) in [7, 11) is -3.55. The predicted molar refractivity (Wildman–Crippen MR) is 119 cm³/mol. The van der Waals surface area contributed by atoms with E-state index in [-0.39, 0.29) is 18.1 Å². The Bertz CT molecular complexity index is 1210. The molecule has 0 saturated carbocycles. The Morgan fingerprint density at radius 3 is 2.53 bits per heavy atom. The Kier molecular flexibility index (Phi) is 6.90. The van der Waals surface area contributed by atoms with Gasteiger partial charge in [-0.1, -0.05) is 11.6 Å². The Balaban J connectivity index is 1.28. The summed E-state index contributed by atoms with van der Waals surface area (Å²) in [5, 5.41) is 1.17. The van der Waals surface area contributed by atoms with E-state index in [0.29, 0.717) is 48.3 Å². The van der Waals surface area contributed by atoms with E-state index in [4.69, 9.17) is 25.8 Å². The van der Waals surface area contributed by atoms with Crippen molar-refractivity contribution >= 4 is 38.5 Å². The fourth-order valence-electron chi connectivity index (χ4n) is 3.25. The molecule has 8 nitrogen and oxygen atoms in total. The van der Waals surface area contributed by atoms with Gasteiger partial charge in [0.25, 0.3) is 0 Å². The van der Waals surface area contributed by atoms with Gasteiger partial charge >= 0.3 is 5.97 Å². The van der Waals surface area contributed by atoms with Crippen LogP contribution in [0, 0.1) is 0 Å². The van der Waals surface area contributed by atoms with Crippen LogP contribution >= 0.6 is 11.6 Å². The number of carbonyl (C=O) groups excluding carboxylic acids is 1. The maximum absolute atomic E-state index is 12.6. The van der Waals surface area contributed by atoms with Gasteiger partial charge in [-0.3, -0.25) is 0 Å². The molecule has 0 unspecified atom stereocenters. The summed E-state index contributed by atoms with van der Waals surface area (Å²) in [6.45, 7) is 1.64. The number of carbonyl (C=O) groups is 1. The van der Waals surface area contributed by atoms with Gasteiger partial charge in [-0.15, -0.1) is 0 Å². The van der Waals surface area contributed by atoms with Gasteiger partial charge in [-0.05, 0) is 54.6 Å². The molecule has 0 amide bonds. The number of hydrogen-bond donors (Lipinski definition) is 0. The van der Waals surface area contributed by atoms with Crippen LogP contribution in [-0.2, 0) is 19.5 Å². The molecule has 32 heavy (non-hydrogen) atoms. The maximum Gasteiger partial charge on any atom is 0.338 e. The Morgan fingerprint density at radius 2 is 1.78 bits per heavy atom. The van der Waals surface area contributed by atoms with Crippen LogP contribution in [0.1, 0.15) is 10.4 Å². The molecule has 10 heteroatoms. The lowest BCUT2D eigenvalue weighted by Crippen LogP contribution is -2.40. The van der Waals surface area contributed by atoms with Crippen LogP contribution in [0.4, 0.5) is 0 Å². The SMILES string of the molecule is O=C(OCCOc1ccc(S(=O)(=O)N2CCOCC2)cc1)c1ccc2nc(Cl)ccc2c1. The van der Waals surface area contributed by atoms with E-state index < -0.39 is 16.0 Å². The summed E-state index contributed by atoms with van der Waals surface area (Å²) >= 11 is 5.87. The summed E-state index contributed by atoms with van der Waals surface area (Å²) in [5.74, 6) is 0.00744. The van der Waals surface area contributed by atoms with Crippen molar-refractivity contribution in [3.63, 3.8) is 0 Å². The fraction of sp³-hybridized carbons (Fsp3) is 0.273. The first kappa shape index (κ1) is 22.5. The number of nitrogens with zero attached hydrogens (tertiary/aromatic N) is 2. The normalized spacial score (nSPS) is 14.9. The molecule has 3 aromatic rings. The first-order valence-electron chi connectivity index (χ1n) is 9.98. The third kappa shape index (κ3) is 5.18. The minimum absolute atomic E-state index is 0.0452. The molecule has 1 aromatic heterocycles. The Labute approximate surface area is 190 Å². The average molecular weight is 477 g/mol. The highest BCUT2D eigenvalue weighted by Crippen LogP contribution is 2.21. The highest BCUT2D eigenvalue weighted by atomic mass is 35.5. The van der Waals surface area contributed by atoms with Gasteiger partial charge in [-0.25, -0.2) is 18.2 Å². The summed E-state index contributed by atoms with van der Waals surface area (Å²) in [5.41, 5.74) is 1.09. The van der Waals surface area contributed by atoms with E-state index in [1.54, 1.807) is 42.5 Å². The van der Waals surface area contributed by atoms with Gasteiger partial charge in [0.15, 0.2) is 0 Å². The van der Waals surface area contributed by atoms with Gasteiger partial charge in [0.1, 0.15) is 24.1 Å². The van der Waals surface area contributed by atoms with E-state index in [0.717, 1.165) is 5.39 Å². The zero-order chi connectivity index (χ0) is 22.6. The number of halogens is 1. The number of benzene rings is 2. The topological polar surface area (TPSA) is 95.0 Å². The molecule has 2 heterocycles. The Morgan fingerprint density at radius 1 is 1.03 bits per heavy atom. The summed E-state index contributed by atoms with van der Waals surface area (Å²) in [6.07, 6.45) is 0. The predicted octanol–water partition coefficient (Wildman–Crippen LogP) is 3.14. The molecule has 0 radical (unpaired) electrons. The molecule has 0 atom stereocenters. The van der Waals surface area contributed by atoms with E-state index in [2.05, 4.69) is 4.98 Å². The average Bonchev–Trinajstić information content (AvgIpc) is 2.82. The quantitative estimate of drug-likeness (QED) is 0.293. The number of sulfonamides is 1. The van der Waals surface area contributed by atoms with Gasteiger partial charge in [0.2, 0.25) is 10.0 Å². The molecule has 0 N–H and O–H groups in total. The van der Waals surface area contributed by atoms with Crippen molar-refractivity contribution in [3.05, 3.63) is 65.3 Å². The van der Waals surface area contributed by atoms with E-state index in [9.17, 15) is 13.2 Å². The number of aromatic nitrogens is 1. The van der Waals surface area contributed by atoms with Crippen molar-refractivity contribution in [1.29, 1.82) is 0 Å². The van der Waals surface area contributed by atoms with E-state index in [1.807, 2.05) is 0 Å². The number of rotatable bonds is 7. The number of esters is 1. The summed E-state index contributed by atoms with van der Waals surface area (Å²) < 4.78 is 42.7. The first-order valence-corrected chi connectivity index (χ1v) is 11.8. The molecule has 1 fully saturated rings. The molecule has 0 bridgehead atoms.